The molecule has 0 radical (unpaired) electrons. The van der Waals surface area contributed by atoms with Crippen molar-refractivity contribution in [2.45, 2.75) is 26.0 Å². The molecular formula is C19H24ClN3O3. The third kappa shape index (κ3) is 3.29. The molecule has 2 aliphatic heterocycles. The van der Waals surface area contributed by atoms with E-state index >= 15 is 0 Å². The molecule has 1 N–H and O–H groups in total. The summed E-state index contributed by atoms with van der Waals surface area (Å²) in [6.07, 6.45) is 0.957. The van der Waals surface area contributed by atoms with E-state index in [1.807, 2.05) is 18.2 Å². The molecule has 7 heteroatoms. The maximum Gasteiger partial charge on any atom is 0.267 e. The average Bonchev–Trinajstić information content (AvgIpc) is 3.06. The molecule has 0 unspecified atom stereocenters. The van der Waals surface area contributed by atoms with Crippen molar-refractivity contribution in [1.82, 2.24) is 14.8 Å². The Kier molecular flexibility index (Phi) is 5.07. The van der Waals surface area contributed by atoms with E-state index in [1.54, 1.807) is 0 Å². The fourth-order valence-electron chi connectivity index (χ4n) is 3.66. The predicted molar refractivity (Wildman–Crippen MR) is 101 cm³/mol. The Labute approximate surface area is 158 Å². The number of morpholine rings is 1. The highest BCUT2D eigenvalue weighted by atomic mass is 35.5. The van der Waals surface area contributed by atoms with Gasteiger partial charge in [0.2, 0.25) is 0 Å². The lowest BCUT2D eigenvalue weighted by molar-refractivity contribution is 0.0383. The zero-order chi connectivity index (χ0) is 18.1. The Morgan fingerprint density at radius 2 is 2.15 bits per heavy atom. The second-order valence-corrected chi connectivity index (χ2v) is 7.21. The zero-order valence-corrected chi connectivity index (χ0v) is 15.7. The van der Waals surface area contributed by atoms with Gasteiger partial charge in [0.05, 0.1) is 30.3 Å². The van der Waals surface area contributed by atoms with Crippen molar-refractivity contribution in [3.05, 3.63) is 28.9 Å². The van der Waals surface area contributed by atoms with Gasteiger partial charge in [0.15, 0.2) is 0 Å². The van der Waals surface area contributed by atoms with Crippen molar-refractivity contribution >= 4 is 28.4 Å². The van der Waals surface area contributed by atoms with Crippen LogP contribution < -0.4 is 10.1 Å². The van der Waals surface area contributed by atoms with Gasteiger partial charge in [-0.1, -0.05) is 18.5 Å². The first kappa shape index (κ1) is 17.6. The van der Waals surface area contributed by atoms with E-state index in [0.29, 0.717) is 23.8 Å². The number of carbonyl (C=O) groups is 1. The van der Waals surface area contributed by atoms with E-state index in [2.05, 4.69) is 21.7 Å². The lowest BCUT2D eigenvalue weighted by Gasteiger charge is -2.27. The highest BCUT2D eigenvalue weighted by Crippen LogP contribution is 2.38. The van der Waals surface area contributed by atoms with Crippen LogP contribution in [-0.2, 0) is 11.3 Å². The lowest BCUT2D eigenvalue weighted by Crippen LogP contribution is -2.41. The summed E-state index contributed by atoms with van der Waals surface area (Å²) in [5.41, 5.74) is 1.57. The molecule has 1 saturated heterocycles. The minimum Gasteiger partial charge on any atom is -0.486 e. The quantitative estimate of drug-likeness (QED) is 0.870. The van der Waals surface area contributed by atoms with Crippen LogP contribution in [0.25, 0.3) is 10.9 Å². The summed E-state index contributed by atoms with van der Waals surface area (Å²) in [6, 6.07) is 5.61. The first-order valence-corrected chi connectivity index (χ1v) is 9.62. The summed E-state index contributed by atoms with van der Waals surface area (Å²) >= 11 is 6.36. The Morgan fingerprint density at radius 3 is 2.92 bits per heavy atom. The van der Waals surface area contributed by atoms with Crippen LogP contribution in [-0.4, -0.2) is 60.9 Å². The van der Waals surface area contributed by atoms with Crippen LogP contribution >= 0.6 is 11.6 Å². The molecule has 6 nitrogen and oxygen atoms in total. The van der Waals surface area contributed by atoms with Gasteiger partial charge in [-0.15, -0.1) is 0 Å². The van der Waals surface area contributed by atoms with E-state index in [0.717, 1.165) is 55.9 Å². The van der Waals surface area contributed by atoms with E-state index in [9.17, 15) is 4.79 Å². The fourth-order valence-corrected chi connectivity index (χ4v) is 3.87. The number of rotatable bonds is 5. The second kappa shape index (κ2) is 7.47. The van der Waals surface area contributed by atoms with Gasteiger partial charge in [-0.25, -0.2) is 0 Å². The van der Waals surface area contributed by atoms with Gasteiger partial charge in [0.1, 0.15) is 17.5 Å². The smallest absolute Gasteiger partial charge is 0.267 e. The first-order valence-electron chi connectivity index (χ1n) is 9.24. The highest BCUT2D eigenvalue weighted by Gasteiger charge is 2.27. The number of ether oxygens (including phenoxy) is 2. The fraction of sp³-hybridized carbons (Fsp3) is 0.526. The molecule has 4 rings (SSSR count). The van der Waals surface area contributed by atoms with Crippen molar-refractivity contribution < 1.29 is 14.3 Å². The number of amides is 1. The number of carbonyl (C=O) groups excluding carboxylic acids is 1. The monoisotopic (exact) mass is 377 g/mol. The summed E-state index contributed by atoms with van der Waals surface area (Å²) in [6.45, 7) is 7.59. The zero-order valence-electron chi connectivity index (χ0n) is 15.0. The van der Waals surface area contributed by atoms with Crippen LogP contribution in [0.15, 0.2) is 18.2 Å². The molecule has 1 fully saturated rings. The van der Waals surface area contributed by atoms with Crippen molar-refractivity contribution in [2.75, 3.05) is 39.4 Å². The largest absolute Gasteiger partial charge is 0.486 e. The van der Waals surface area contributed by atoms with E-state index < -0.39 is 0 Å². The molecule has 2 aromatic rings. The molecule has 0 aliphatic carbocycles. The maximum atomic E-state index is 12.8. The van der Waals surface area contributed by atoms with Gasteiger partial charge < -0.3 is 19.4 Å². The molecule has 1 aromatic carbocycles. The Morgan fingerprint density at radius 1 is 1.35 bits per heavy atom. The molecule has 1 amide bonds. The predicted octanol–water partition coefficient (Wildman–Crippen LogP) is 2.53. The highest BCUT2D eigenvalue weighted by molar-refractivity contribution is 6.36. The van der Waals surface area contributed by atoms with E-state index in [1.165, 1.54) is 0 Å². The maximum absolute atomic E-state index is 12.8. The third-order valence-corrected chi connectivity index (χ3v) is 5.48. The summed E-state index contributed by atoms with van der Waals surface area (Å²) in [7, 11) is 0. The minimum atomic E-state index is -0.0618. The van der Waals surface area contributed by atoms with Gasteiger partial charge in [-0.05, 0) is 24.6 Å². The van der Waals surface area contributed by atoms with Crippen LogP contribution in [0.3, 0.4) is 0 Å². The van der Waals surface area contributed by atoms with Crippen LogP contribution in [0.4, 0.5) is 0 Å². The van der Waals surface area contributed by atoms with Crippen LogP contribution in [0.2, 0.25) is 5.02 Å². The van der Waals surface area contributed by atoms with Gasteiger partial charge in [0.25, 0.3) is 5.91 Å². The van der Waals surface area contributed by atoms with Crippen molar-refractivity contribution in [3.8, 4) is 5.75 Å². The number of nitrogens with zero attached hydrogens (tertiary/aromatic N) is 2. The van der Waals surface area contributed by atoms with Crippen molar-refractivity contribution in [3.63, 3.8) is 0 Å². The minimum absolute atomic E-state index is 0.0618. The third-order valence-electron chi connectivity index (χ3n) is 5.15. The summed E-state index contributed by atoms with van der Waals surface area (Å²) in [5, 5.41) is 4.57. The summed E-state index contributed by atoms with van der Waals surface area (Å²) < 4.78 is 13.4. The first-order chi connectivity index (χ1) is 12.7. The molecule has 1 atom stereocenters. The second-order valence-electron chi connectivity index (χ2n) is 6.81. The summed E-state index contributed by atoms with van der Waals surface area (Å²) in [5.74, 6) is 0.739. The molecule has 3 heterocycles. The molecule has 26 heavy (non-hydrogen) atoms. The molecule has 0 bridgehead atoms. The number of hydrogen-bond donors (Lipinski definition) is 1. The van der Waals surface area contributed by atoms with Gasteiger partial charge in [0, 0.05) is 31.6 Å². The van der Waals surface area contributed by atoms with Crippen molar-refractivity contribution in [1.29, 1.82) is 0 Å². The van der Waals surface area contributed by atoms with Crippen molar-refractivity contribution in [2.24, 2.45) is 0 Å². The van der Waals surface area contributed by atoms with Crippen LogP contribution in [0.5, 0.6) is 5.75 Å². The standard InChI is InChI=1S/C19H24ClN3O3/c1-2-13-12-23-16(11-14-15(20)3-4-17(26-13)18(14)23)19(24)21-5-6-22-7-9-25-10-8-22/h3-4,11,13H,2,5-10,12H2,1H3,(H,21,24)/t13-/m1/s1. The van der Waals surface area contributed by atoms with E-state index in [4.69, 9.17) is 21.1 Å². The molecule has 140 valence electrons. The Balaban J connectivity index is 1.53. The average molecular weight is 378 g/mol. The number of aromatic nitrogens is 1. The van der Waals surface area contributed by atoms with Gasteiger partial charge in [-0.2, -0.15) is 0 Å². The molecular weight excluding hydrogens is 354 g/mol. The topological polar surface area (TPSA) is 55.7 Å². The number of nitrogens with one attached hydrogen (secondary N) is 1. The van der Waals surface area contributed by atoms with Gasteiger partial charge in [-0.3, -0.25) is 9.69 Å². The normalized spacial score (nSPS) is 20.2. The molecule has 0 spiro atoms. The lowest BCUT2D eigenvalue weighted by atomic mass is 10.2. The number of halogens is 1. The Hall–Kier alpha value is -1.76. The van der Waals surface area contributed by atoms with Crippen LogP contribution in [0.1, 0.15) is 23.8 Å². The molecule has 0 saturated carbocycles. The Bertz CT molecular complexity index is 814. The van der Waals surface area contributed by atoms with Crippen LogP contribution in [0, 0.1) is 0 Å². The van der Waals surface area contributed by atoms with Gasteiger partial charge >= 0.3 is 0 Å². The SMILES string of the molecule is CC[C@@H]1Cn2c(C(=O)NCCN3CCOCC3)cc3c(Cl)ccc(c32)O1. The molecule has 1 aromatic heterocycles. The molecule has 2 aliphatic rings. The summed E-state index contributed by atoms with van der Waals surface area (Å²) in [4.78, 5) is 15.1. The number of benzene rings is 1. The van der Waals surface area contributed by atoms with E-state index in [-0.39, 0.29) is 12.0 Å². The number of hydrogen-bond acceptors (Lipinski definition) is 4.